The average Bonchev–Trinajstić information content (AvgIpc) is 3.25. The standard InChI is InChI=1S/C27H25FN2O3/c28-21-10-6-18(7-11-21)14-15-29-26(20-4-2-1-3-5-20)27(33)23-17-30-24-16-19(8-12-22(23)24)9-13-25(31)32/h1-8,10-12,16-17,26,29-30H,9,13-15H2,(H,31,32)/t26-/m0/s1. The van der Waals surface area contributed by atoms with E-state index >= 15 is 0 Å². The second-order valence-electron chi connectivity index (χ2n) is 8.01. The zero-order valence-electron chi connectivity index (χ0n) is 18.1. The van der Waals surface area contributed by atoms with Crippen LogP contribution in [0.15, 0.2) is 79.0 Å². The van der Waals surface area contributed by atoms with E-state index in [4.69, 9.17) is 5.11 Å². The Morgan fingerprint density at radius 2 is 1.67 bits per heavy atom. The molecule has 0 aliphatic carbocycles. The van der Waals surface area contributed by atoms with Crippen LogP contribution < -0.4 is 5.32 Å². The number of carboxylic acid groups (broad SMARTS) is 1. The van der Waals surface area contributed by atoms with E-state index in [1.807, 2.05) is 48.5 Å². The van der Waals surface area contributed by atoms with E-state index in [1.54, 1.807) is 18.3 Å². The van der Waals surface area contributed by atoms with E-state index in [-0.39, 0.29) is 18.0 Å². The number of nitrogens with one attached hydrogen (secondary N) is 2. The highest BCUT2D eigenvalue weighted by Crippen LogP contribution is 2.26. The molecule has 0 aliphatic heterocycles. The molecular weight excluding hydrogens is 419 g/mol. The van der Waals surface area contributed by atoms with Gasteiger partial charge < -0.3 is 15.4 Å². The molecule has 0 fully saturated rings. The lowest BCUT2D eigenvalue weighted by Crippen LogP contribution is -2.30. The number of aromatic amines is 1. The topological polar surface area (TPSA) is 82.2 Å². The molecule has 4 aromatic rings. The SMILES string of the molecule is O=C(O)CCc1ccc2c(C(=O)[C@@H](NCCc3ccc(F)cc3)c3ccccc3)c[nH]c2c1. The number of Topliss-reactive ketones (excluding diaryl/α,β-unsaturated/α-hetero) is 1. The van der Waals surface area contributed by atoms with Crippen LogP contribution in [0, 0.1) is 5.82 Å². The van der Waals surface area contributed by atoms with Crippen LogP contribution in [0.3, 0.4) is 0 Å². The summed E-state index contributed by atoms with van der Waals surface area (Å²) in [5.74, 6) is -1.16. The number of carbonyl (C=O) groups excluding carboxylic acids is 1. The summed E-state index contributed by atoms with van der Waals surface area (Å²) in [7, 11) is 0. The number of aromatic nitrogens is 1. The van der Waals surface area contributed by atoms with Gasteiger partial charge in [-0.25, -0.2) is 4.39 Å². The predicted molar refractivity (Wildman–Crippen MR) is 126 cm³/mol. The van der Waals surface area contributed by atoms with Crippen molar-refractivity contribution in [3.05, 3.63) is 107 Å². The molecular formula is C27H25FN2O3. The second kappa shape index (κ2) is 10.2. The third-order valence-electron chi connectivity index (χ3n) is 5.71. The minimum absolute atomic E-state index is 0.0511. The van der Waals surface area contributed by atoms with Crippen LogP contribution in [0.25, 0.3) is 10.9 Å². The summed E-state index contributed by atoms with van der Waals surface area (Å²) in [5.41, 5.74) is 4.15. The zero-order chi connectivity index (χ0) is 23.2. The van der Waals surface area contributed by atoms with Gasteiger partial charge in [0, 0.05) is 35.6 Å². The monoisotopic (exact) mass is 444 g/mol. The smallest absolute Gasteiger partial charge is 0.303 e. The minimum Gasteiger partial charge on any atom is -0.481 e. The van der Waals surface area contributed by atoms with Crippen molar-refractivity contribution >= 4 is 22.7 Å². The van der Waals surface area contributed by atoms with Gasteiger partial charge in [0.05, 0.1) is 6.04 Å². The fraction of sp³-hybridized carbons (Fsp3) is 0.185. The Bertz CT molecular complexity index is 1250. The highest BCUT2D eigenvalue weighted by atomic mass is 19.1. The van der Waals surface area contributed by atoms with Gasteiger partial charge in [0.1, 0.15) is 5.82 Å². The highest BCUT2D eigenvalue weighted by Gasteiger charge is 2.24. The Hall–Kier alpha value is -3.77. The fourth-order valence-corrected chi connectivity index (χ4v) is 3.96. The van der Waals surface area contributed by atoms with Gasteiger partial charge in [-0.3, -0.25) is 9.59 Å². The number of benzene rings is 3. The van der Waals surface area contributed by atoms with Crippen molar-refractivity contribution in [2.45, 2.75) is 25.3 Å². The number of hydrogen-bond acceptors (Lipinski definition) is 3. The van der Waals surface area contributed by atoms with Crippen LogP contribution >= 0.6 is 0 Å². The average molecular weight is 445 g/mol. The summed E-state index contributed by atoms with van der Waals surface area (Å²) in [5, 5.41) is 13.1. The van der Waals surface area contributed by atoms with Gasteiger partial charge in [0.15, 0.2) is 5.78 Å². The van der Waals surface area contributed by atoms with Crippen LogP contribution in [-0.4, -0.2) is 28.4 Å². The molecule has 6 heteroatoms. The van der Waals surface area contributed by atoms with Gasteiger partial charge in [-0.2, -0.15) is 0 Å². The molecule has 3 N–H and O–H groups in total. The maximum Gasteiger partial charge on any atom is 0.303 e. The van der Waals surface area contributed by atoms with Crippen molar-refractivity contribution in [1.29, 1.82) is 0 Å². The summed E-state index contributed by atoms with van der Waals surface area (Å²) < 4.78 is 13.2. The summed E-state index contributed by atoms with van der Waals surface area (Å²) in [6, 6.07) is 21.0. The van der Waals surface area contributed by atoms with E-state index in [2.05, 4.69) is 10.3 Å². The first kappa shape index (κ1) is 22.4. The van der Waals surface area contributed by atoms with Crippen molar-refractivity contribution < 1.29 is 19.1 Å². The highest BCUT2D eigenvalue weighted by molar-refractivity contribution is 6.10. The minimum atomic E-state index is -0.838. The van der Waals surface area contributed by atoms with Crippen molar-refractivity contribution in [2.75, 3.05) is 6.54 Å². The Balaban J connectivity index is 1.55. The summed E-state index contributed by atoms with van der Waals surface area (Å²) >= 11 is 0. The third-order valence-corrected chi connectivity index (χ3v) is 5.71. The summed E-state index contributed by atoms with van der Waals surface area (Å²) in [6.07, 6.45) is 2.88. The molecule has 4 rings (SSSR count). The first-order valence-corrected chi connectivity index (χ1v) is 10.9. The zero-order valence-corrected chi connectivity index (χ0v) is 18.1. The first-order chi connectivity index (χ1) is 16.0. The number of H-pyrrole nitrogens is 1. The summed E-state index contributed by atoms with van der Waals surface area (Å²) in [6.45, 7) is 0.554. The van der Waals surface area contributed by atoms with E-state index in [1.165, 1.54) is 12.1 Å². The third kappa shape index (κ3) is 5.54. The second-order valence-corrected chi connectivity index (χ2v) is 8.01. The number of fused-ring (bicyclic) bond motifs is 1. The van der Waals surface area contributed by atoms with Gasteiger partial charge in [0.25, 0.3) is 0 Å². The number of aliphatic carboxylic acids is 1. The lowest BCUT2D eigenvalue weighted by molar-refractivity contribution is -0.136. The van der Waals surface area contributed by atoms with Gasteiger partial charge in [-0.05, 0) is 47.7 Å². The molecule has 0 spiro atoms. The largest absolute Gasteiger partial charge is 0.481 e. The number of rotatable bonds is 10. The Morgan fingerprint density at radius 1 is 0.939 bits per heavy atom. The van der Waals surface area contributed by atoms with Gasteiger partial charge in [-0.1, -0.05) is 54.6 Å². The molecule has 0 radical (unpaired) electrons. The molecule has 168 valence electrons. The van der Waals surface area contributed by atoms with Crippen LogP contribution in [0.5, 0.6) is 0 Å². The number of hydrogen-bond donors (Lipinski definition) is 3. The number of aryl methyl sites for hydroxylation is 1. The number of halogens is 1. The van der Waals surface area contributed by atoms with Crippen LogP contribution in [-0.2, 0) is 17.6 Å². The number of ketones is 1. The van der Waals surface area contributed by atoms with E-state index < -0.39 is 12.0 Å². The number of carboxylic acids is 1. The maximum absolute atomic E-state index is 13.6. The number of carbonyl (C=O) groups is 2. The fourth-order valence-electron chi connectivity index (χ4n) is 3.96. The molecule has 0 saturated carbocycles. The van der Waals surface area contributed by atoms with Crippen LogP contribution in [0.4, 0.5) is 4.39 Å². The predicted octanol–water partition coefficient (Wildman–Crippen LogP) is 5.08. The Labute approximate surface area is 191 Å². The normalized spacial score (nSPS) is 12.0. The van der Waals surface area contributed by atoms with Gasteiger partial charge in [0.2, 0.25) is 0 Å². The van der Waals surface area contributed by atoms with Crippen LogP contribution in [0.1, 0.15) is 39.5 Å². The Morgan fingerprint density at radius 3 is 2.39 bits per heavy atom. The molecule has 0 bridgehead atoms. The molecule has 0 saturated heterocycles. The molecule has 1 aromatic heterocycles. The van der Waals surface area contributed by atoms with Crippen molar-refractivity contribution in [3.8, 4) is 0 Å². The van der Waals surface area contributed by atoms with Crippen molar-refractivity contribution in [2.24, 2.45) is 0 Å². The van der Waals surface area contributed by atoms with E-state index in [9.17, 15) is 14.0 Å². The molecule has 1 atom stereocenters. The van der Waals surface area contributed by atoms with Gasteiger partial charge >= 0.3 is 5.97 Å². The van der Waals surface area contributed by atoms with Crippen LogP contribution in [0.2, 0.25) is 0 Å². The molecule has 3 aromatic carbocycles. The van der Waals surface area contributed by atoms with E-state index in [0.717, 1.165) is 27.6 Å². The maximum atomic E-state index is 13.6. The lowest BCUT2D eigenvalue weighted by atomic mass is 9.96. The van der Waals surface area contributed by atoms with E-state index in [0.29, 0.717) is 24.9 Å². The molecule has 0 unspecified atom stereocenters. The quantitative estimate of drug-likeness (QED) is 0.298. The Kier molecular flexibility index (Phi) is 6.95. The summed E-state index contributed by atoms with van der Waals surface area (Å²) in [4.78, 5) is 27.6. The van der Waals surface area contributed by atoms with Crippen molar-refractivity contribution in [3.63, 3.8) is 0 Å². The lowest BCUT2D eigenvalue weighted by Gasteiger charge is -2.18. The molecule has 0 amide bonds. The van der Waals surface area contributed by atoms with Gasteiger partial charge in [-0.15, -0.1) is 0 Å². The molecule has 5 nitrogen and oxygen atoms in total. The molecule has 1 heterocycles. The molecule has 33 heavy (non-hydrogen) atoms. The first-order valence-electron chi connectivity index (χ1n) is 10.9. The molecule has 0 aliphatic rings. The van der Waals surface area contributed by atoms with Crippen molar-refractivity contribution in [1.82, 2.24) is 10.3 Å².